The summed E-state index contributed by atoms with van der Waals surface area (Å²) in [5, 5.41) is 12.5. The molecule has 0 amide bonds. The topological polar surface area (TPSA) is 20.2 Å². The van der Waals surface area contributed by atoms with Crippen molar-refractivity contribution in [1.82, 2.24) is 0 Å². The fourth-order valence-corrected chi connectivity index (χ4v) is 4.14. The minimum atomic E-state index is -0.228. The molecule has 16 heavy (non-hydrogen) atoms. The Kier molecular flexibility index (Phi) is 4.67. The van der Waals surface area contributed by atoms with E-state index >= 15 is 0 Å². The quantitative estimate of drug-likeness (QED) is 0.790. The zero-order valence-corrected chi connectivity index (χ0v) is 12.6. The molecule has 1 N–H and O–H groups in total. The van der Waals surface area contributed by atoms with Crippen molar-refractivity contribution < 1.29 is 5.11 Å². The molecule has 1 fully saturated rings. The lowest BCUT2D eigenvalue weighted by atomic mass is 9.76. The zero-order valence-electron chi connectivity index (χ0n) is 9.66. The predicted octanol–water partition coefficient (Wildman–Crippen LogP) is 4.60. The van der Waals surface area contributed by atoms with Crippen LogP contribution in [0.1, 0.15) is 50.7 Å². The van der Waals surface area contributed by atoms with E-state index < -0.39 is 0 Å². The summed E-state index contributed by atoms with van der Waals surface area (Å²) in [7, 11) is 0. The fraction of sp³-hybridized carbons (Fsp3) is 0.692. The van der Waals surface area contributed by atoms with Crippen molar-refractivity contribution in [2.75, 3.05) is 0 Å². The molecule has 3 heteroatoms. The molecule has 1 aromatic heterocycles. The van der Waals surface area contributed by atoms with Gasteiger partial charge >= 0.3 is 0 Å². The molecule has 1 nitrogen and oxygen atoms in total. The summed E-state index contributed by atoms with van der Waals surface area (Å²) in [6.45, 7) is 2.27. The molecule has 1 aliphatic carbocycles. The summed E-state index contributed by atoms with van der Waals surface area (Å²) in [4.78, 5) is 0. The van der Waals surface area contributed by atoms with E-state index in [4.69, 9.17) is 0 Å². The Morgan fingerprint density at radius 1 is 1.56 bits per heavy atom. The lowest BCUT2D eigenvalue weighted by Crippen LogP contribution is -2.21. The highest BCUT2D eigenvalue weighted by atomic mass is 127. The van der Waals surface area contributed by atoms with Crippen LogP contribution in [0.5, 0.6) is 0 Å². The maximum atomic E-state index is 10.4. The van der Waals surface area contributed by atoms with Crippen LogP contribution in [0, 0.1) is 14.7 Å². The zero-order chi connectivity index (χ0) is 11.5. The fourth-order valence-electron chi connectivity index (χ4n) is 2.74. The van der Waals surface area contributed by atoms with Crippen LogP contribution < -0.4 is 0 Å². The summed E-state index contributed by atoms with van der Waals surface area (Å²) >= 11 is 4.05. The Balaban J connectivity index is 2.01. The summed E-state index contributed by atoms with van der Waals surface area (Å²) < 4.78 is 1.27. The molecule has 1 aromatic rings. The lowest BCUT2D eigenvalue weighted by molar-refractivity contribution is 0.0681. The smallest absolute Gasteiger partial charge is 0.0826 e. The highest BCUT2D eigenvalue weighted by Crippen LogP contribution is 2.39. The van der Waals surface area contributed by atoms with Crippen LogP contribution in [-0.4, -0.2) is 5.11 Å². The number of thiophene rings is 1. The van der Waals surface area contributed by atoms with E-state index in [1.807, 2.05) is 0 Å². The van der Waals surface area contributed by atoms with Gasteiger partial charge < -0.3 is 5.11 Å². The molecule has 3 unspecified atom stereocenters. The Bertz CT molecular complexity index is 336. The van der Waals surface area contributed by atoms with Gasteiger partial charge in [-0.25, -0.2) is 0 Å². The van der Waals surface area contributed by atoms with Gasteiger partial charge in [-0.1, -0.05) is 26.2 Å². The van der Waals surface area contributed by atoms with E-state index in [-0.39, 0.29) is 6.10 Å². The van der Waals surface area contributed by atoms with E-state index in [1.54, 1.807) is 11.3 Å². The summed E-state index contributed by atoms with van der Waals surface area (Å²) in [5.74, 6) is 1.33. The van der Waals surface area contributed by atoms with Crippen LogP contribution in [0.3, 0.4) is 0 Å². The predicted molar refractivity (Wildman–Crippen MR) is 77.7 cm³/mol. The van der Waals surface area contributed by atoms with Crippen molar-refractivity contribution in [3.63, 3.8) is 0 Å². The van der Waals surface area contributed by atoms with Gasteiger partial charge in [-0.2, -0.15) is 0 Å². The van der Waals surface area contributed by atoms with Crippen LogP contribution in [0.2, 0.25) is 0 Å². The van der Waals surface area contributed by atoms with Crippen molar-refractivity contribution in [3.8, 4) is 0 Å². The Morgan fingerprint density at radius 3 is 3.00 bits per heavy atom. The first-order valence-corrected chi connectivity index (χ1v) is 8.08. The van der Waals surface area contributed by atoms with E-state index in [0.717, 1.165) is 11.5 Å². The Hall–Kier alpha value is 0.390. The van der Waals surface area contributed by atoms with Crippen molar-refractivity contribution in [2.24, 2.45) is 11.8 Å². The molecule has 1 saturated carbocycles. The van der Waals surface area contributed by atoms with Gasteiger partial charge in [0.2, 0.25) is 0 Å². The van der Waals surface area contributed by atoms with Gasteiger partial charge in [0.15, 0.2) is 0 Å². The van der Waals surface area contributed by atoms with Crippen molar-refractivity contribution in [2.45, 2.75) is 45.1 Å². The standard InChI is InChI=1S/C13H19IOS/c1-2-9-4-3-5-10(6-9)13(15)11-7-12(14)16-8-11/h7-10,13,15H,2-6H2,1H3. The molecule has 1 heterocycles. The van der Waals surface area contributed by atoms with E-state index in [2.05, 4.69) is 41.0 Å². The molecule has 0 spiro atoms. The monoisotopic (exact) mass is 350 g/mol. The molecule has 2 rings (SSSR count). The molecule has 0 aromatic carbocycles. The Labute approximate surface area is 115 Å². The molecule has 1 aliphatic rings. The average molecular weight is 350 g/mol. The summed E-state index contributed by atoms with van der Waals surface area (Å²) in [6.07, 6.45) is 6.11. The molecule has 0 saturated heterocycles. The minimum Gasteiger partial charge on any atom is -0.388 e. The van der Waals surface area contributed by atoms with Crippen molar-refractivity contribution in [3.05, 3.63) is 19.9 Å². The second-order valence-electron chi connectivity index (χ2n) is 4.83. The van der Waals surface area contributed by atoms with Crippen LogP contribution in [0.25, 0.3) is 0 Å². The maximum Gasteiger partial charge on any atom is 0.0826 e. The number of hydrogen-bond acceptors (Lipinski definition) is 2. The lowest BCUT2D eigenvalue weighted by Gasteiger charge is -2.31. The largest absolute Gasteiger partial charge is 0.388 e. The Morgan fingerprint density at radius 2 is 2.38 bits per heavy atom. The van der Waals surface area contributed by atoms with Crippen LogP contribution in [0.15, 0.2) is 11.4 Å². The molecule has 0 radical (unpaired) electrons. The number of aliphatic hydroxyl groups excluding tert-OH is 1. The van der Waals surface area contributed by atoms with Gasteiger partial charge in [0.25, 0.3) is 0 Å². The minimum absolute atomic E-state index is 0.228. The van der Waals surface area contributed by atoms with Gasteiger partial charge in [-0.3, -0.25) is 0 Å². The second-order valence-corrected chi connectivity index (χ2v) is 7.64. The molecule has 0 aliphatic heterocycles. The number of rotatable bonds is 3. The third kappa shape index (κ3) is 2.99. The van der Waals surface area contributed by atoms with Crippen molar-refractivity contribution >= 4 is 33.9 Å². The van der Waals surface area contributed by atoms with E-state index in [1.165, 1.54) is 35.0 Å². The number of aliphatic hydroxyl groups is 1. The number of hydrogen-bond donors (Lipinski definition) is 1. The first-order valence-electron chi connectivity index (χ1n) is 6.12. The maximum absolute atomic E-state index is 10.4. The molecule has 0 bridgehead atoms. The summed E-state index contributed by atoms with van der Waals surface area (Å²) in [5.41, 5.74) is 1.14. The van der Waals surface area contributed by atoms with Crippen molar-refractivity contribution in [1.29, 1.82) is 0 Å². The second kappa shape index (κ2) is 5.83. The van der Waals surface area contributed by atoms with Crippen LogP contribution >= 0.6 is 33.9 Å². The summed E-state index contributed by atoms with van der Waals surface area (Å²) in [6, 6.07) is 2.13. The SMILES string of the molecule is CCC1CCCC(C(O)c2csc(I)c2)C1. The first-order chi connectivity index (χ1) is 7.70. The molecule has 90 valence electrons. The first kappa shape index (κ1) is 12.8. The van der Waals surface area contributed by atoms with Gasteiger partial charge in [-0.15, -0.1) is 11.3 Å². The normalized spacial score (nSPS) is 27.9. The van der Waals surface area contributed by atoms with E-state index in [0.29, 0.717) is 5.92 Å². The third-order valence-corrected chi connectivity index (χ3v) is 5.58. The van der Waals surface area contributed by atoms with Gasteiger partial charge in [0.1, 0.15) is 0 Å². The number of halogens is 1. The van der Waals surface area contributed by atoms with Crippen LogP contribution in [0.4, 0.5) is 0 Å². The highest BCUT2D eigenvalue weighted by molar-refractivity contribution is 14.1. The molecule has 3 atom stereocenters. The van der Waals surface area contributed by atoms with Gasteiger partial charge in [0, 0.05) is 0 Å². The van der Waals surface area contributed by atoms with Gasteiger partial charge in [0.05, 0.1) is 8.99 Å². The van der Waals surface area contributed by atoms with Gasteiger partial charge in [-0.05, 0) is 64.3 Å². The van der Waals surface area contributed by atoms with Crippen LogP contribution in [-0.2, 0) is 0 Å². The third-order valence-electron chi connectivity index (χ3n) is 3.78. The average Bonchev–Trinajstić information content (AvgIpc) is 2.75. The highest BCUT2D eigenvalue weighted by Gasteiger charge is 2.27. The molecular weight excluding hydrogens is 331 g/mol. The van der Waals surface area contributed by atoms with E-state index in [9.17, 15) is 5.11 Å². The molecular formula is C13H19IOS.